The third-order valence-corrected chi connectivity index (χ3v) is 5.14. The summed E-state index contributed by atoms with van der Waals surface area (Å²) < 4.78 is 2.91. The van der Waals surface area contributed by atoms with E-state index in [0.717, 1.165) is 21.3 Å². The number of nitrogens with zero attached hydrogens (tertiary/aromatic N) is 3. The van der Waals surface area contributed by atoms with E-state index in [9.17, 15) is 4.79 Å². The third kappa shape index (κ3) is 3.22. The maximum Gasteiger partial charge on any atom is 0.243 e. The number of imidazole rings is 1. The second-order valence-corrected chi connectivity index (χ2v) is 7.40. The van der Waals surface area contributed by atoms with E-state index >= 15 is 0 Å². The molecule has 0 N–H and O–H groups in total. The van der Waals surface area contributed by atoms with Crippen molar-refractivity contribution in [2.45, 2.75) is 19.1 Å². The molecule has 3 aromatic rings. The van der Waals surface area contributed by atoms with Crippen molar-refractivity contribution in [2.75, 3.05) is 0 Å². The summed E-state index contributed by atoms with van der Waals surface area (Å²) in [6.45, 7) is 0.839. The lowest BCUT2D eigenvalue weighted by Crippen LogP contribution is -2.42. The summed E-state index contributed by atoms with van der Waals surface area (Å²) in [7, 11) is 0. The van der Waals surface area contributed by atoms with Crippen LogP contribution in [0, 0.1) is 0 Å². The number of rotatable bonds is 3. The Labute approximate surface area is 159 Å². The molecule has 0 radical (unpaired) electrons. The van der Waals surface area contributed by atoms with Gasteiger partial charge in [-0.15, -0.1) is 0 Å². The van der Waals surface area contributed by atoms with Crippen LogP contribution in [0.4, 0.5) is 0 Å². The molecular weight excluding hydrogens is 402 g/mol. The summed E-state index contributed by atoms with van der Waals surface area (Å²) in [4.78, 5) is 19.0. The van der Waals surface area contributed by atoms with Crippen molar-refractivity contribution in [2.24, 2.45) is 0 Å². The minimum absolute atomic E-state index is 0.0745. The third-order valence-electron chi connectivity index (χ3n) is 4.39. The molecule has 25 heavy (non-hydrogen) atoms. The molecule has 0 fully saturated rings. The Morgan fingerprint density at radius 2 is 2.00 bits per heavy atom. The number of hydrogen-bond donors (Lipinski definition) is 0. The zero-order valence-electron chi connectivity index (χ0n) is 13.3. The molecule has 0 bridgehead atoms. The lowest BCUT2D eigenvalue weighted by molar-refractivity contribution is -0.136. The van der Waals surface area contributed by atoms with Crippen molar-refractivity contribution in [1.29, 1.82) is 0 Å². The molecule has 4 nitrogen and oxygen atoms in total. The number of hydrogen-bond acceptors (Lipinski definition) is 2. The highest BCUT2D eigenvalue weighted by molar-refractivity contribution is 9.10. The molecule has 0 saturated carbocycles. The smallest absolute Gasteiger partial charge is 0.243 e. The predicted molar refractivity (Wildman–Crippen MR) is 100 cm³/mol. The molecule has 2 aromatic carbocycles. The maximum absolute atomic E-state index is 12.8. The lowest BCUT2D eigenvalue weighted by atomic mass is 9.99. The van der Waals surface area contributed by atoms with Gasteiger partial charge in [0.2, 0.25) is 5.91 Å². The number of halogens is 2. The van der Waals surface area contributed by atoms with Gasteiger partial charge < -0.3 is 9.47 Å². The number of aromatic nitrogens is 2. The van der Waals surface area contributed by atoms with Crippen LogP contribution in [-0.4, -0.2) is 20.4 Å². The molecule has 126 valence electrons. The Kier molecular flexibility index (Phi) is 4.36. The van der Waals surface area contributed by atoms with Gasteiger partial charge in [0.1, 0.15) is 6.54 Å². The van der Waals surface area contributed by atoms with Gasteiger partial charge in [0.25, 0.3) is 0 Å². The van der Waals surface area contributed by atoms with Crippen LogP contribution in [0.15, 0.2) is 65.5 Å². The molecule has 1 aliphatic rings. The maximum atomic E-state index is 12.8. The molecular formula is C19H15BrClN3O. The van der Waals surface area contributed by atoms with Gasteiger partial charge in [-0.25, -0.2) is 4.98 Å². The summed E-state index contributed by atoms with van der Waals surface area (Å²) in [5.74, 6) is 0.0745. The van der Waals surface area contributed by atoms with Gasteiger partial charge in [-0.05, 0) is 35.4 Å². The fourth-order valence-corrected chi connectivity index (χ4v) is 3.77. The van der Waals surface area contributed by atoms with Gasteiger partial charge in [-0.1, -0.05) is 51.8 Å². The molecule has 1 aromatic heterocycles. The highest BCUT2D eigenvalue weighted by atomic mass is 79.9. The van der Waals surface area contributed by atoms with Crippen LogP contribution in [-0.2, 0) is 17.9 Å². The highest BCUT2D eigenvalue weighted by Gasteiger charge is 2.34. The Morgan fingerprint density at radius 1 is 1.20 bits per heavy atom. The highest BCUT2D eigenvalue weighted by Crippen LogP contribution is 2.34. The molecule has 1 amide bonds. The van der Waals surface area contributed by atoms with E-state index in [1.165, 1.54) is 0 Å². The minimum atomic E-state index is -0.170. The van der Waals surface area contributed by atoms with Gasteiger partial charge in [0, 0.05) is 16.0 Å². The van der Waals surface area contributed by atoms with E-state index in [0.29, 0.717) is 18.1 Å². The first-order chi connectivity index (χ1) is 12.1. The number of fused-ring (bicyclic) bond motifs is 1. The largest absolute Gasteiger partial charge is 0.324 e. The van der Waals surface area contributed by atoms with Crippen LogP contribution < -0.4 is 0 Å². The second kappa shape index (κ2) is 6.65. The molecule has 0 aliphatic carbocycles. The minimum Gasteiger partial charge on any atom is -0.324 e. The molecule has 1 unspecified atom stereocenters. The normalized spacial score (nSPS) is 16.8. The van der Waals surface area contributed by atoms with Crippen LogP contribution >= 0.6 is 27.5 Å². The van der Waals surface area contributed by atoms with E-state index in [1.807, 2.05) is 58.1 Å². The van der Waals surface area contributed by atoms with Gasteiger partial charge in [0.05, 0.1) is 24.3 Å². The lowest BCUT2D eigenvalue weighted by Gasteiger charge is -2.37. The number of amides is 1. The monoisotopic (exact) mass is 415 g/mol. The van der Waals surface area contributed by atoms with Crippen LogP contribution in [0.25, 0.3) is 0 Å². The summed E-state index contributed by atoms with van der Waals surface area (Å²) in [6, 6.07) is 15.5. The van der Waals surface area contributed by atoms with Crippen LogP contribution in [0.1, 0.15) is 22.9 Å². The van der Waals surface area contributed by atoms with E-state index in [2.05, 4.69) is 27.0 Å². The second-order valence-electron chi connectivity index (χ2n) is 6.05. The molecule has 4 rings (SSSR count). The van der Waals surface area contributed by atoms with E-state index in [4.69, 9.17) is 11.6 Å². The van der Waals surface area contributed by atoms with Crippen molar-refractivity contribution >= 4 is 33.4 Å². The Balaban J connectivity index is 1.77. The Morgan fingerprint density at radius 3 is 2.76 bits per heavy atom. The van der Waals surface area contributed by atoms with Crippen molar-refractivity contribution in [3.8, 4) is 0 Å². The first kappa shape index (κ1) is 16.4. The Bertz CT molecular complexity index is 922. The van der Waals surface area contributed by atoms with Crippen molar-refractivity contribution in [3.63, 3.8) is 0 Å². The molecule has 0 saturated heterocycles. The summed E-state index contributed by atoms with van der Waals surface area (Å²) in [5, 5.41) is 0.690. The number of benzene rings is 2. The average molecular weight is 417 g/mol. The van der Waals surface area contributed by atoms with Gasteiger partial charge >= 0.3 is 0 Å². The van der Waals surface area contributed by atoms with Crippen molar-refractivity contribution < 1.29 is 4.79 Å². The van der Waals surface area contributed by atoms with Crippen LogP contribution in [0.5, 0.6) is 0 Å². The standard InChI is InChI=1S/C19H15BrClN3O/c20-15-3-1-2-14(8-15)19-17-9-22-12-23(17)11-18(25)24(19)10-13-4-6-16(21)7-5-13/h1-9,12,19H,10-11H2. The van der Waals surface area contributed by atoms with Crippen LogP contribution in [0.2, 0.25) is 5.02 Å². The zero-order valence-corrected chi connectivity index (χ0v) is 15.6. The SMILES string of the molecule is O=C1Cn2cncc2C(c2cccc(Br)c2)N1Cc1ccc(Cl)cc1. The van der Waals surface area contributed by atoms with Crippen LogP contribution in [0.3, 0.4) is 0 Å². The van der Waals surface area contributed by atoms with E-state index < -0.39 is 0 Å². The van der Waals surface area contributed by atoms with Crippen molar-refractivity contribution in [1.82, 2.24) is 14.5 Å². The first-order valence-corrected chi connectivity index (χ1v) is 9.08. The summed E-state index contributed by atoms with van der Waals surface area (Å²) in [5.41, 5.74) is 3.12. The first-order valence-electron chi connectivity index (χ1n) is 7.91. The predicted octanol–water partition coefficient (Wildman–Crippen LogP) is 4.43. The number of carbonyl (C=O) groups is 1. The van der Waals surface area contributed by atoms with Gasteiger partial charge in [-0.2, -0.15) is 0 Å². The molecule has 6 heteroatoms. The topological polar surface area (TPSA) is 38.1 Å². The van der Waals surface area contributed by atoms with E-state index in [-0.39, 0.29) is 11.9 Å². The molecule has 1 atom stereocenters. The summed E-state index contributed by atoms with van der Waals surface area (Å²) >= 11 is 9.51. The van der Waals surface area contributed by atoms with Gasteiger partial charge in [0.15, 0.2) is 0 Å². The summed E-state index contributed by atoms with van der Waals surface area (Å²) in [6.07, 6.45) is 3.56. The molecule has 2 heterocycles. The fraction of sp³-hybridized carbons (Fsp3) is 0.158. The van der Waals surface area contributed by atoms with Gasteiger partial charge in [-0.3, -0.25) is 4.79 Å². The quantitative estimate of drug-likeness (QED) is 0.633. The number of carbonyl (C=O) groups excluding carboxylic acids is 1. The average Bonchev–Trinajstić information content (AvgIpc) is 3.05. The molecule has 1 aliphatic heterocycles. The van der Waals surface area contributed by atoms with Crippen molar-refractivity contribution in [3.05, 3.63) is 87.4 Å². The molecule has 0 spiro atoms. The Hall–Kier alpha value is -2.11. The zero-order chi connectivity index (χ0) is 17.4. The van der Waals surface area contributed by atoms with E-state index in [1.54, 1.807) is 6.33 Å². The fourth-order valence-electron chi connectivity index (χ4n) is 3.22.